The summed E-state index contributed by atoms with van der Waals surface area (Å²) in [5, 5.41) is 0. The van der Waals surface area contributed by atoms with Crippen LogP contribution in [0.4, 0.5) is 0 Å². The average Bonchev–Trinajstić information content (AvgIpc) is 2.57. The molecule has 0 heterocycles. The standard InChI is InChI=1S/C17H19S.CH4O4S/c1-2-13-18(14-16-9-5-3-6-10-16)15-17-11-7-4-8-12-17;1-5-6(2,3)4/h2-12H,1,13-15H2;1H3,(H,2,3,4)/q+1;/p-1. The largest absolute Gasteiger partial charge is 0.726 e. The second kappa shape index (κ2) is 11.0. The molecule has 0 spiro atoms. The van der Waals surface area contributed by atoms with Crippen molar-refractivity contribution in [3.8, 4) is 0 Å². The third kappa shape index (κ3) is 9.52. The van der Waals surface area contributed by atoms with E-state index in [2.05, 4.69) is 77.5 Å². The predicted molar refractivity (Wildman–Crippen MR) is 99.4 cm³/mol. The molecule has 2 rings (SSSR count). The first kappa shape index (κ1) is 20.4. The normalized spacial score (nSPS) is 10.8. The summed E-state index contributed by atoms with van der Waals surface area (Å²) >= 11 is 0. The van der Waals surface area contributed by atoms with Crippen LogP contribution in [0.3, 0.4) is 0 Å². The highest BCUT2D eigenvalue weighted by Crippen LogP contribution is 2.15. The molecule has 0 saturated heterocycles. The van der Waals surface area contributed by atoms with E-state index in [9.17, 15) is 13.0 Å². The van der Waals surface area contributed by atoms with Gasteiger partial charge in [-0.2, -0.15) is 0 Å². The van der Waals surface area contributed by atoms with Gasteiger partial charge in [-0.1, -0.05) is 67.2 Å². The van der Waals surface area contributed by atoms with Crippen LogP contribution < -0.4 is 0 Å². The number of hydrogen-bond donors (Lipinski definition) is 0. The Balaban J connectivity index is 0.000000413. The molecular weight excluding hydrogens is 344 g/mol. The Morgan fingerprint density at radius 3 is 1.67 bits per heavy atom. The van der Waals surface area contributed by atoms with Gasteiger partial charge in [-0.3, -0.25) is 4.18 Å². The van der Waals surface area contributed by atoms with Crippen molar-refractivity contribution in [3.63, 3.8) is 0 Å². The fraction of sp³-hybridized carbons (Fsp3) is 0.222. The highest BCUT2D eigenvalue weighted by atomic mass is 32.3. The summed E-state index contributed by atoms with van der Waals surface area (Å²) in [5.41, 5.74) is 2.86. The summed E-state index contributed by atoms with van der Waals surface area (Å²) in [4.78, 5) is 0. The monoisotopic (exact) mass is 366 g/mol. The maximum absolute atomic E-state index is 9.22. The molecule has 0 aliphatic rings. The van der Waals surface area contributed by atoms with Crippen molar-refractivity contribution >= 4 is 21.3 Å². The Labute approximate surface area is 147 Å². The van der Waals surface area contributed by atoms with E-state index in [-0.39, 0.29) is 0 Å². The minimum absolute atomic E-state index is 0.355. The van der Waals surface area contributed by atoms with Crippen molar-refractivity contribution in [2.75, 3.05) is 12.9 Å². The maximum Gasteiger partial charge on any atom is 0.217 e. The van der Waals surface area contributed by atoms with Crippen LogP contribution in [0.15, 0.2) is 73.3 Å². The van der Waals surface area contributed by atoms with Crippen LogP contribution in [0, 0.1) is 0 Å². The molecule has 2 aromatic rings. The molecule has 0 atom stereocenters. The van der Waals surface area contributed by atoms with E-state index in [0.29, 0.717) is 10.9 Å². The summed E-state index contributed by atoms with van der Waals surface area (Å²) in [5.74, 6) is 3.41. The molecule has 0 amide bonds. The number of hydrogen-bond acceptors (Lipinski definition) is 4. The summed E-state index contributed by atoms with van der Waals surface area (Å²) in [6.07, 6.45) is 2.05. The Morgan fingerprint density at radius 1 is 1.00 bits per heavy atom. The molecule has 24 heavy (non-hydrogen) atoms. The van der Waals surface area contributed by atoms with Crippen LogP contribution in [0.5, 0.6) is 0 Å². The van der Waals surface area contributed by atoms with Gasteiger partial charge in [0, 0.05) is 22.0 Å². The zero-order chi connectivity index (χ0) is 17.8. The van der Waals surface area contributed by atoms with Crippen LogP contribution in [-0.4, -0.2) is 25.8 Å². The van der Waals surface area contributed by atoms with E-state index >= 15 is 0 Å². The van der Waals surface area contributed by atoms with Crippen molar-refractivity contribution in [1.29, 1.82) is 0 Å². The molecule has 0 radical (unpaired) electrons. The van der Waals surface area contributed by atoms with E-state index in [1.807, 2.05) is 0 Å². The van der Waals surface area contributed by atoms with E-state index in [4.69, 9.17) is 0 Å². The molecule has 0 fully saturated rings. The lowest BCUT2D eigenvalue weighted by atomic mass is 10.2. The van der Waals surface area contributed by atoms with Gasteiger partial charge in [-0.15, -0.1) is 0 Å². The number of benzene rings is 2. The molecule has 4 nitrogen and oxygen atoms in total. The van der Waals surface area contributed by atoms with Crippen LogP contribution in [0.1, 0.15) is 11.1 Å². The quantitative estimate of drug-likeness (QED) is 0.326. The topological polar surface area (TPSA) is 66.4 Å². The lowest BCUT2D eigenvalue weighted by Gasteiger charge is -2.07. The van der Waals surface area contributed by atoms with Gasteiger partial charge in [-0.25, -0.2) is 8.42 Å². The molecule has 0 aliphatic carbocycles. The fourth-order valence-electron chi connectivity index (χ4n) is 1.96. The minimum atomic E-state index is -4.41. The predicted octanol–water partition coefficient (Wildman–Crippen LogP) is 3.28. The third-order valence-electron chi connectivity index (χ3n) is 2.98. The van der Waals surface area contributed by atoms with Crippen molar-refractivity contribution in [2.45, 2.75) is 11.5 Å². The van der Waals surface area contributed by atoms with Gasteiger partial charge in [-0.05, 0) is 6.08 Å². The number of rotatable bonds is 7. The van der Waals surface area contributed by atoms with Gasteiger partial charge < -0.3 is 4.55 Å². The van der Waals surface area contributed by atoms with Crippen molar-refractivity contribution in [2.24, 2.45) is 0 Å². The van der Waals surface area contributed by atoms with Crippen LogP contribution >= 0.6 is 0 Å². The summed E-state index contributed by atoms with van der Waals surface area (Å²) in [6, 6.07) is 21.5. The molecule has 0 aromatic heterocycles. The highest BCUT2D eigenvalue weighted by molar-refractivity contribution is 7.95. The van der Waals surface area contributed by atoms with Gasteiger partial charge in [0.05, 0.1) is 7.11 Å². The summed E-state index contributed by atoms with van der Waals surface area (Å²) in [6.45, 7) is 3.89. The molecule has 0 N–H and O–H groups in total. The Hall–Kier alpha value is -1.60. The van der Waals surface area contributed by atoms with Crippen molar-refractivity contribution < 1.29 is 17.2 Å². The second-order valence-corrected chi connectivity index (χ2v) is 8.19. The maximum atomic E-state index is 9.22. The van der Waals surface area contributed by atoms with Gasteiger partial charge in [0.15, 0.2) is 0 Å². The average molecular weight is 367 g/mol. The lowest BCUT2D eigenvalue weighted by molar-refractivity contribution is 0.314. The fourth-order valence-corrected chi connectivity index (χ4v) is 3.95. The minimum Gasteiger partial charge on any atom is -0.726 e. The van der Waals surface area contributed by atoms with E-state index < -0.39 is 10.4 Å². The van der Waals surface area contributed by atoms with Crippen molar-refractivity contribution in [1.82, 2.24) is 0 Å². The van der Waals surface area contributed by atoms with Gasteiger partial charge >= 0.3 is 0 Å². The van der Waals surface area contributed by atoms with E-state index in [1.54, 1.807) is 0 Å². The van der Waals surface area contributed by atoms with Crippen LogP contribution in [-0.2, 0) is 37.0 Å². The molecule has 0 unspecified atom stereocenters. The first-order chi connectivity index (χ1) is 11.4. The zero-order valence-corrected chi connectivity index (χ0v) is 15.3. The SMILES string of the molecule is C=CC[S+](Cc1ccccc1)Cc1ccccc1.COS(=O)(=O)[O-]. The Morgan fingerprint density at radius 2 is 1.38 bits per heavy atom. The Kier molecular flexibility index (Phi) is 9.41. The van der Waals surface area contributed by atoms with Gasteiger partial charge in [0.1, 0.15) is 17.3 Å². The van der Waals surface area contributed by atoms with E-state index in [1.165, 1.54) is 11.1 Å². The van der Waals surface area contributed by atoms with Gasteiger partial charge in [0.2, 0.25) is 10.4 Å². The molecular formula is C18H22O4S2. The van der Waals surface area contributed by atoms with E-state index in [0.717, 1.165) is 24.4 Å². The lowest BCUT2D eigenvalue weighted by Crippen LogP contribution is -2.11. The van der Waals surface area contributed by atoms with Gasteiger partial charge in [0.25, 0.3) is 0 Å². The van der Waals surface area contributed by atoms with Crippen molar-refractivity contribution in [3.05, 3.63) is 84.4 Å². The molecule has 0 saturated carbocycles. The smallest absolute Gasteiger partial charge is 0.217 e. The summed E-state index contributed by atoms with van der Waals surface area (Å²) in [7, 11) is -3.25. The zero-order valence-electron chi connectivity index (χ0n) is 13.6. The first-order valence-corrected chi connectivity index (χ1v) is 10.4. The molecule has 0 bridgehead atoms. The summed E-state index contributed by atoms with van der Waals surface area (Å²) < 4.78 is 31.0. The Bertz CT molecular complexity index is 644. The molecule has 2 aromatic carbocycles. The molecule has 6 heteroatoms. The molecule has 0 aliphatic heterocycles. The van der Waals surface area contributed by atoms with Crippen LogP contribution in [0.2, 0.25) is 0 Å². The third-order valence-corrected chi connectivity index (χ3v) is 5.58. The highest BCUT2D eigenvalue weighted by Gasteiger charge is 2.17. The first-order valence-electron chi connectivity index (χ1n) is 7.29. The second-order valence-electron chi connectivity index (χ2n) is 4.90. The molecule has 130 valence electrons. The van der Waals surface area contributed by atoms with Crippen LogP contribution in [0.25, 0.3) is 0 Å².